The van der Waals surface area contributed by atoms with Crippen LogP contribution in [-0.4, -0.2) is 52.4 Å². The van der Waals surface area contributed by atoms with Crippen molar-refractivity contribution in [3.8, 4) is 0 Å². The lowest BCUT2D eigenvalue weighted by molar-refractivity contribution is 0.0774. The quantitative estimate of drug-likeness (QED) is 0.579. The Labute approximate surface area is 155 Å². The molecular weight excluding hydrogens is 344 g/mol. The van der Waals surface area contributed by atoms with Crippen LogP contribution in [0.1, 0.15) is 27.8 Å². The Morgan fingerprint density at radius 2 is 2.11 bits per heavy atom. The van der Waals surface area contributed by atoms with Gasteiger partial charge in [0.25, 0.3) is 5.91 Å². The molecule has 0 saturated carbocycles. The summed E-state index contributed by atoms with van der Waals surface area (Å²) in [6.45, 7) is 2.90. The minimum Gasteiger partial charge on any atom is -0.333 e. The van der Waals surface area contributed by atoms with E-state index < -0.39 is 0 Å². The van der Waals surface area contributed by atoms with Crippen LogP contribution in [-0.2, 0) is 20.1 Å². The van der Waals surface area contributed by atoms with Gasteiger partial charge in [-0.05, 0) is 25.1 Å². The average Bonchev–Trinajstić information content (AvgIpc) is 3.36. The number of hydrogen-bond donors (Lipinski definition) is 1. The van der Waals surface area contributed by atoms with Crippen molar-refractivity contribution in [3.05, 3.63) is 59.7 Å². The molecule has 9 nitrogen and oxygen atoms in total. The monoisotopic (exact) mass is 364 g/mol. The van der Waals surface area contributed by atoms with E-state index in [0.29, 0.717) is 24.6 Å². The molecule has 1 aromatic carbocycles. The lowest BCUT2D eigenvalue weighted by atomic mass is 10.3. The van der Waals surface area contributed by atoms with Crippen molar-refractivity contribution in [1.82, 2.24) is 39.4 Å². The summed E-state index contributed by atoms with van der Waals surface area (Å²) >= 11 is 0. The van der Waals surface area contributed by atoms with Gasteiger partial charge in [0.1, 0.15) is 17.8 Å². The number of aromatic nitrogens is 7. The maximum Gasteiger partial charge on any atom is 0.274 e. The zero-order chi connectivity index (χ0) is 19.0. The van der Waals surface area contributed by atoms with Crippen LogP contribution < -0.4 is 0 Å². The molecule has 0 radical (unpaired) electrons. The van der Waals surface area contributed by atoms with Gasteiger partial charge in [-0.15, -0.1) is 10.2 Å². The largest absolute Gasteiger partial charge is 0.333 e. The highest BCUT2D eigenvalue weighted by molar-refractivity contribution is 5.92. The maximum absolute atomic E-state index is 12.6. The van der Waals surface area contributed by atoms with Crippen LogP contribution in [0.4, 0.5) is 0 Å². The molecule has 0 saturated heterocycles. The summed E-state index contributed by atoms with van der Waals surface area (Å²) < 4.78 is 3.88. The minimum atomic E-state index is -0.173. The molecule has 0 aliphatic carbocycles. The number of carbonyl (C=O) groups excluding carboxylic acids is 1. The smallest absolute Gasteiger partial charge is 0.274 e. The number of nitrogens with one attached hydrogen (secondary N) is 1. The van der Waals surface area contributed by atoms with E-state index in [2.05, 4.69) is 29.9 Å². The molecule has 0 unspecified atom stereocenters. The third kappa shape index (κ3) is 3.19. The maximum atomic E-state index is 12.6. The number of carbonyl (C=O) groups is 1. The molecular formula is C18H20N8O. The number of para-hydroxylation sites is 2. The fourth-order valence-electron chi connectivity index (χ4n) is 3.05. The Bertz CT molecular complexity index is 1110. The van der Waals surface area contributed by atoms with E-state index in [-0.39, 0.29) is 5.91 Å². The number of aromatic amines is 1. The second kappa shape index (κ2) is 6.67. The normalized spacial score (nSPS) is 11.2. The van der Waals surface area contributed by atoms with Gasteiger partial charge >= 0.3 is 0 Å². The van der Waals surface area contributed by atoms with Gasteiger partial charge in [0.15, 0.2) is 5.82 Å². The standard InChI is InChI=1S/C18H20N8O/c1-12-20-14-6-4-5-7-16(14)26(12)9-13-8-15(22-21-13)18(27)24(2)10-17-23-19-11-25(17)3/h4-8,11H,9-10H2,1-3H3,(H,21,22). The highest BCUT2D eigenvalue weighted by atomic mass is 16.2. The first-order chi connectivity index (χ1) is 13.0. The molecule has 3 aromatic heterocycles. The topological polar surface area (TPSA) is 97.5 Å². The van der Waals surface area contributed by atoms with Crippen LogP contribution in [0, 0.1) is 6.92 Å². The van der Waals surface area contributed by atoms with Crippen LogP contribution in [0.25, 0.3) is 11.0 Å². The Balaban J connectivity index is 1.52. The van der Waals surface area contributed by atoms with Gasteiger partial charge in [-0.2, -0.15) is 5.10 Å². The summed E-state index contributed by atoms with van der Waals surface area (Å²) in [6.07, 6.45) is 1.61. The van der Waals surface area contributed by atoms with Gasteiger partial charge < -0.3 is 14.0 Å². The zero-order valence-corrected chi connectivity index (χ0v) is 15.4. The van der Waals surface area contributed by atoms with Crippen molar-refractivity contribution in [1.29, 1.82) is 0 Å². The number of fused-ring (bicyclic) bond motifs is 1. The van der Waals surface area contributed by atoms with E-state index in [0.717, 1.165) is 22.6 Å². The van der Waals surface area contributed by atoms with Crippen molar-refractivity contribution < 1.29 is 4.79 Å². The van der Waals surface area contributed by atoms with Crippen LogP contribution in [0.2, 0.25) is 0 Å². The number of amides is 1. The molecule has 1 amide bonds. The lowest BCUT2D eigenvalue weighted by Crippen LogP contribution is -2.27. The molecule has 3 heterocycles. The van der Waals surface area contributed by atoms with E-state index in [9.17, 15) is 4.79 Å². The molecule has 0 aliphatic rings. The summed E-state index contributed by atoms with van der Waals surface area (Å²) in [5, 5.41) is 15.0. The van der Waals surface area contributed by atoms with E-state index in [4.69, 9.17) is 0 Å². The van der Waals surface area contributed by atoms with Crippen LogP contribution in [0.3, 0.4) is 0 Å². The van der Waals surface area contributed by atoms with Crippen LogP contribution in [0.5, 0.6) is 0 Å². The first kappa shape index (κ1) is 17.0. The van der Waals surface area contributed by atoms with Crippen molar-refractivity contribution in [2.24, 2.45) is 7.05 Å². The van der Waals surface area contributed by atoms with E-state index in [1.165, 1.54) is 0 Å². The van der Waals surface area contributed by atoms with Crippen molar-refractivity contribution in [2.45, 2.75) is 20.0 Å². The Kier molecular flexibility index (Phi) is 4.19. The number of nitrogens with zero attached hydrogens (tertiary/aromatic N) is 7. The summed E-state index contributed by atoms with van der Waals surface area (Å²) in [6, 6.07) is 9.76. The summed E-state index contributed by atoms with van der Waals surface area (Å²) in [5.41, 5.74) is 3.22. The molecule has 27 heavy (non-hydrogen) atoms. The molecule has 0 fully saturated rings. The number of imidazole rings is 1. The molecule has 0 spiro atoms. The number of aryl methyl sites for hydroxylation is 2. The molecule has 0 bridgehead atoms. The average molecular weight is 364 g/mol. The summed E-state index contributed by atoms with van der Waals surface area (Å²) in [7, 11) is 3.57. The SMILES string of the molecule is Cc1nc2ccccc2n1Cc1cc(C(=O)N(C)Cc2nncn2C)n[nH]1. The van der Waals surface area contributed by atoms with Gasteiger partial charge in [0.05, 0.1) is 29.8 Å². The first-order valence-corrected chi connectivity index (χ1v) is 8.57. The number of H-pyrrole nitrogens is 1. The van der Waals surface area contributed by atoms with Gasteiger partial charge in [-0.25, -0.2) is 4.98 Å². The molecule has 0 atom stereocenters. The van der Waals surface area contributed by atoms with E-state index in [1.807, 2.05) is 38.2 Å². The first-order valence-electron chi connectivity index (χ1n) is 8.57. The van der Waals surface area contributed by atoms with Gasteiger partial charge in [-0.1, -0.05) is 12.1 Å². The molecule has 138 valence electrons. The fourth-order valence-corrected chi connectivity index (χ4v) is 3.05. The lowest BCUT2D eigenvalue weighted by Gasteiger charge is -2.14. The number of hydrogen-bond acceptors (Lipinski definition) is 5. The van der Waals surface area contributed by atoms with Gasteiger partial charge in [0, 0.05) is 14.1 Å². The van der Waals surface area contributed by atoms with Gasteiger partial charge in [0.2, 0.25) is 0 Å². The van der Waals surface area contributed by atoms with Gasteiger partial charge in [-0.3, -0.25) is 9.89 Å². The summed E-state index contributed by atoms with van der Waals surface area (Å²) in [4.78, 5) is 18.8. The van der Waals surface area contributed by atoms with Crippen molar-refractivity contribution >= 4 is 16.9 Å². The highest BCUT2D eigenvalue weighted by Gasteiger charge is 2.18. The highest BCUT2D eigenvalue weighted by Crippen LogP contribution is 2.17. The molecule has 1 N–H and O–H groups in total. The van der Waals surface area contributed by atoms with Crippen LogP contribution >= 0.6 is 0 Å². The molecule has 9 heteroatoms. The third-order valence-corrected chi connectivity index (χ3v) is 4.55. The second-order valence-corrected chi connectivity index (χ2v) is 6.53. The van der Waals surface area contributed by atoms with E-state index in [1.54, 1.807) is 28.9 Å². The zero-order valence-electron chi connectivity index (χ0n) is 15.4. The number of rotatable bonds is 5. The van der Waals surface area contributed by atoms with Crippen molar-refractivity contribution in [3.63, 3.8) is 0 Å². The molecule has 0 aliphatic heterocycles. The minimum absolute atomic E-state index is 0.173. The second-order valence-electron chi connectivity index (χ2n) is 6.53. The fraction of sp³-hybridized carbons (Fsp3) is 0.278. The number of benzene rings is 1. The Morgan fingerprint density at radius 1 is 1.30 bits per heavy atom. The van der Waals surface area contributed by atoms with Crippen LogP contribution in [0.15, 0.2) is 36.7 Å². The van der Waals surface area contributed by atoms with E-state index >= 15 is 0 Å². The van der Waals surface area contributed by atoms with Crippen molar-refractivity contribution in [2.75, 3.05) is 7.05 Å². The predicted molar refractivity (Wildman–Crippen MR) is 99.0 cm³/mol. The Morgan fingerprint density at radius 3 is 2.89 bits per heavy atom. The molecule has 4 rings (SSSR count). The molecule has 4 aromatic rings. The summed E-state index contributed by atoms with van der Waals surface area (Å²) in [5.74, 6) is 1.45. The third-order valence-electron chi connectivity index (χ3n) is 4.55. The predicted octanol–water partition coefficient (Wildman–Crippen LogP) is 1.52. The Hall–Kier alpha value is -3.49.